The summed E-state index contributed by atoms with van der Waals surface area (Å²) in [5.74, 6) is 0.0186. The Morgan fingerprint density at radius 2 is 1.56 bits per heavy atom. The summed E-state index contributed by atoms with van der Waals surface area (Å²) in [7, 11) is 4.00. The lowest BCUT2D eigenvalue weighted by atomic mass is 10.1. The van der Waals surface area contributed by atoms with E-state index < -0.39 is 0 Å². The van der Waals surface area contributed by atoms with Crippen LogP contribution in [0.3, 0.4) is 0 Å². The highest BCUT2D eigenvalue weighted by atomic mass is 16.1. The molecular formula is C22H30N4O. The lowest BCUT2D eigenvalue weighted by Gasteiger charge is -2.28. The van der Waals surface area contributed by atoms with Gasteiger partial charge in [-0.15, -0.1) is 0 Å². The van der Waals surface area contributed by atoms with E-state index in [-0.39, 0.29) is 5.91 Å². The molecule has 27 heavy (non-hydrogen) atoms. The second kappa shape index (κ2) is 9.31. The number of amides is 1. The lowest BCUT2D eigenvalue weighted by molar-refractivity contribution is -0.115. The van der Waals surface area contributed by atoms with Crippen LogP contribution in [0.25, 0.3) is 0 Å². The van der Waals surface area contributed by atoms with Gasteiger partial charge in [0, 0.05) is 62.9 Å². The first kappa shape index (κ1) is 19.1. The fourth-order valence-corrected chi connectivity index (χ4v) is 3.33. The molecule has 2 N–H and O–H groups in total. The minimum atomic E-state index is 0.0186. The molecule has 0 radical (unpaired) electrons. The molecule has 5 heteroatoms. The predicted octanol–water partition coefficient (Wildman–Crippen LogP) is 4.18. The fourth-order valence-electron chi connectivity index (χ4n) is 3.33. The largest absolute Gasteiger partial charge is 0.385 e. The van der Waals surface area contributed by atoms with Gasteiger partial charge in [0.25, 0.3) is 0 Å². The Hall–Kier alpha value is -2.69. The van der Waals surface area contributed by atoms with Gasteiger partial charge in [-0.25, -0.2) is 0 Å². The summed E-state index contributed by atoms with van der Waals surface area (Å²) >= 11 is 0. The summed E-state index contributed by atoms with van der Waals surface area (Å²) in [6.07, 6.45) is 4.35. The van der Waals surface area contributed by atoms with Gasteiger partial charge in [-0.1, -0.05) is 0 Å². The van der Waals surface area contributed by atoms with E-state index in [2.05, 4.69) is 39.8 Å². The smallest absolute Gasteiger partial charge is 0.226 e. The standard InChI is InChI=1S/C22H30N4O/c1-25(2)20-10-8-19(9-11-20)24-22(27)14-15-23-18-6-12-21(13-7-18)26-16-4-3-5-17-26/h6-13,23H,3-5,14-17H2,1-2H3,(H,24,27). The van der Waals surface area contributed by atoms with E-state index in [0.29, 0.717) is 13.0 Å². The maximum absolute atomic E-state index is 12.1. The summed E-state index contributed by atoms with van der Waals surface area (Å²) in [6.45, 7) is 2.93. The number of benzene rings is 2. The molecule has 144 valence electrons. The highest BCUT2D eigenvalue weighted by Gasteiger charge is 2.10. The summed E-state index contributed by atoms with van der Waals surface area (Å²) < 4.78 is 0. The topological polar surface area (TPSA) is 47.6 Å². The first-order chi connectivity index (χ1) is 13.1. The summed E-state index contributed by atoms with van der Waals surface area (Å²) in [5, 5.41) is 6.27. The van der Waals surface area contributed by atoms with Crippen molar-refractivity contribution < 1.29 is 4.79 Å². The van der Waals surface area contributed by atoms with Crippen LogP contribution in [-0.4, -0.2) is 39.6 Å². The zero-order valence-electron chi connectivity index (χ0n) is 16.4. The average Bonchev–Trinajstić information content (AvgIpc) is 2.69. The van der Waals surface area contributed by atoms with E-state index >= 15 is 0 Å². The molecule has 1 aliphatic heterocycles. The van der Waals surface area contributed by atoms with Crippen molar-refractivity contribution in [2.45, 2.75) is 25.7 Å². The SMILES string of the molecule is CN(C)c1ccc(NC(=O)CCNc2ccc(N3CCCCC3)cc2)cc1. The highest BCUT2D eigenvalue weighted by molar-refractivity contribution is 5.91. The molecule has 1 heterocycles. The van der Waals surface area contributed by atoms with Gasteiger partial charge < -0.3 is 20.4 Å². The van der Waals surface area contributed by atoms with Crippen LogP contribution in [0.5, 0.6) is 0 Å². The molecule has 0 aliphatic carbocycles. The van der Waals surface area contributed by atoms with Crippen LogP contribution in [0.15, 0.2) is 48.5 Å². The number of nitrogens with one attached hydrogen (secondary N) is 2. The van der Waals surface area contributed by atoms with Crippen molar-refractivity contribution in [1.29, 1.82) is 0 Å². The molecule has 1 saturated heterocycles. The van der Waals surface area contributed by atoms with Gasteiger partial charge in [0.2, 0.25) is 5.91 Å². The van der Waals surface area contributed by atoms with Crippen LogP contribution in [-0.2, 0) is 4.79 Å². The van der Waals surface area contributed by atoms with Crippen LogP contribution < -0.4 is 20.4 Å². The minimum absolute atomic E-state index is 0.0186. The average molecular weight is 367 g/mol. The summed E-state index contributed by atoms with van der Waals surface area (Å²) in [5.41, 5.74) is 4.29. The molecule has 5 nitrogen and oxygen atoms in total. The van der Waals surface area contributed by atoms with Gasteiger partial charge in [-0.2, -0.15) is 0 Å². The number of anilines is 4. The van der Waals surface area contributed by atoms with Crippen LogP contribution in [0.1, 0.15) is 25.7 Å². The third-order valence-corrected chi connectivity index (χ3v) is 4.94. The molecule has 1 aliphatic rings. The zero-order valence-corrected chi connectivity index (χ0v) is 16.4. The Labute approximate surface area is 162 Å². The van der Waals surface area contributed by atoms with Gasteiger partial charge in [-0.05, 0) is 67.8 Å². The predicted molar refractivity (Wildman–Crippen MR) is 115 cm³/mol. The normalized spacial score (nSPS) is 13.9. The van der Waals surface area contributed by atoms with Crippen LogP contribution in [0.2, 0.25) is 0 Å². The molecule has 1 fully saturated rings. The molecule has 0 atom stereocenters. The Bertz CT molecular complexity index is 719. The monoisotopic (exact) mass is 366 g/mol. The number of hydrogen-bond acceptors (Lipinski definition) is 4. The van der Waals surface area contributed by atoms with Gasteiger partial charge in [0.15, 0.2) is 0 Å². The van der Waals surface area contributed by atoms with Crippen molar-refractivity contribution in [3.63, 3.8) is 0 Å². The molecule has 2 aromatic rings. The number of carbonyl (C=O) groups excluding carboxylic acids is 1. The number of carbonyl (C=O) groups is 1. The summed E-state index contributed by atoms with van der Waals surface area (Å²) in [6, 6.07) is 16.4. The van der Waals surface area contributed by atoms with Crippen molar-refractivity contribution in [2.75, 3.05) is 54.2 Å². The van der Waals surface area contributed by atoms with Crippen molar-refractivity contribution in [1.82, 2.24) is 0 Å². The molecule has 3 rings (SSSR count). The first-order valence-electron chi connectivity index (χ1n) is 9.78. The Morgan fingerprint density at radius 1 is 0.926 bits per heavy atom. The van der Waals surface area contributed by atoms with Crippen molar-refractivity contribution in [3.05, 3.63) is 48.5 Å². The second-order valence-electron chi connectivity index (χ2n) is 7.26. The maximum atomic E-state index is 12.1. The second-order valence-corrected chi connectivity index (χ2v) is 7.26. The van der Waals surface area contributed by atoms with Crippen LogP contribution in [0.4, 0.5) is 22.7 Å². The Morgan fingerprint density at radius 3 is 2.19 bits per heavy atom. The summed E-state index contributed by atoms with van der Waals surface area (Å²) in [4.78, 5) is 16.6. The first-order valence-corrected chi connectivity index (χ1v) is 9.78. The highest BCUT2D eigenvalue weighted by Crippen LogP contribution is 2.22. The van der Waals surface area contributed by atoms with Gasteiger partial charge in [0.05, 0.1) is 0 Å². The van der Waals surface area contributed by atoms with Crippen LogP contribution >= 0.6 is 0 Å². The third-order valence-electron chi connectivity index (χ3n) is 4.94. The fraction of sp³-hybridized carbons (Fsp3) is 0.409. The van der Waals surface area contributed by atoms with E-state index in [4.69, 9.17) is 0 Å². The van der Waals surface area contributed by atoms with Crippen molar-refractivity contribution in [2.24, 2.45) is 0 Å². The van der Waals surface area contributed by atoms with E-state index in [1.807, 2.05) is 43.3 Å². The maximum Gasteiger partial charge on any atom is 0.226 e. The molecule has 0 aromatic heterocycles. The number of hydrogen-bond donors (Lipinski definition) is 2. The van der Waals surface area contributed by atoms with Gasteiger partial charge >= 0.3 is 0 Å². The molecule has 0 unspecified atom stereocenters. The van der Waals surface area contributed by atoms with Gasteiger partial charge in [0.1, 0.15) is 0 Å². The molecule has 0 spiro atoms. The Kier molecular flexibility index (Phi) is 6.58. The molecule has 0 bridgehead atoms. The minimum Gasteiger partial charge on any atom is -0.385 e. The van der Waals surface area contributed by atoms with Crippen molar-refractivity contribution in [3.8, 4) is 0 Å². The number of nitrogens with zero attached hydrogens (tertiary/aromatic N) is 2. The Balaban J connectivity index is 1.41. The van der Waals surface area contributed by atoms with E-state index in [1.54, 1.807) is 0 Å². The van der Waals surface area contributed by atoms with E-state index in [1.165, 1.54) is 24.9 Å². The lowest BCUT2D eigenvalue weighted by Crippen LogP contribution is -2.29. The molecule has 0 saturated carbocycles. The number of piperidine rings is 1. The quantitative estimate of drug-likeness (QED) is 0.772. The molecular weight excluding hydrogens is 336 g/mol. The molecule has 2 aromatic carbocycles. The molecule has 1 amide bonds. The van der Waals surface area contributed by atoms with Crippen molar-refractivity contribution >= 4 is 28.7 Å². The number of rotatable bonds is 7. The van der Waals surface area contributed by atoms with Gasteiger partial charge in [-0.3, -0.25) is 4.79 Å². The van der Waals surface area contributed by atoms with E-state index in [0.717, 1.165) is 30.2 Å². The third kappa shape index (κ3) is 5.64. The van der Waals surface area contributed by atoms with E-state index in [9.17, 15) is 4.79 Å². The van der Waals surface area contributed by atoms with Crippen LogP contribution in [0, 0.1) is 0 Å². The zero-order chi connectivity index (χ0) is 19.1.